The molecule has 2 saturated carbocycles. The predicted octanol–water partition coefficient (Wildman–Crippen LogP) is 5.20. The van der Waals surface area contributed by atoms with Crippen LogP contribution in [0.3, 0.4) is 0 Å². The summed E-state index contributed by atoms with van der Waals surface area (Å²) < 4.78 is 13.5. The van der Waals surface area contributed by atoms with Crippen molar-refractivity contribution in [3.05, 3.63) is 35.8 Å². The van der Waals surface area contributed by atoms with E-state index in [1.165, 1.54) is 25.0 Å². The highest BCUT2D eigenvalue weighted by atomic mass is 35.5. The Balaban J connectivity index is 1.56. The van der Waals surface area contributed by atoms with E-state index in [-0.39, 0.29) is 11.4 Å². The van der Waals surface area contributed by atoms with Gasteiger partial charge in [-0.3, -0.25) is 0 Å². The van der Waals surface area contributed by atoms with E-state index >= 15 is 0 Å². The standard InChI is InChI=1S/C20H25ClFN/c1-4-16-11-15(7-8-19(16)22)6-5-14(2)23(3)20-10-9-17(12-20)18(21)13-20/h1,8,11,15,17-18H,2,5-7,9-10,12-13H2,3H3. The van der Waals surface area contributed by atoms with Crippen LogP contribution in [0.25, 0.3) is 0 Å². The molecule has 3 aliphatic rings. The van der Waals surface area contributed by atoms with E-state index in [1.807, 2.05) is 6.08 Å². The Labute approximate surface area is 144 Å². The Bertz CT molecular complexity index is 595. The lowest BCUT2D eigenvalue weighted by molar-refractivity contribution is 0.163. The van der Waals surface area contributed by atoms with Gasteiger partial charge in [0, 0.05) is 23.7 Å². The lowest BCUT2D eigenvalue weighted by Gasteiger charge is -2.41. The molecule has 23 heavy (non-hydrogen) atoms. The van der Waals surface area contributed by atoms with E-state index in [0.29, 0.717) is 22.8 Å². The molecule has 0 aromatic carbocycles. The summed E-state index contributed by atoms with van der Waals surface area (Å²) in [6.07, 6.45) is 16.2. The zero-order valence-electron chi connectivity index (χ0n) is 13.8. The van der Waals surface area contributed by atoms with Crippen molar-refractivity contribution < 1.29 is 4.39 Å². The fraction of sp³-hybridized carbons (Fsp3) is 0.600. The average molecular weight is 334 g/mol. The molecule has 4 atom stereocenters. The van der Waals surface area contributed by atoms with Crippen molar-refractivity contribution in [2.45, 2.75) is 55.9 Å². The molecule has 3 heteroatoms. The number of alkyl halides is 1. The van der Waals surface area contributed by atoms with Crippen LogP contribution < -0.4 is 0 Å². The highest BCUT2D eigenvalue weighted by molar-refractivity contribution is 6.21. The molecule has 0 spiro atoms. The third-order valence-corrected chi connectivity index (χ3v) is 6.62. The lowest BCUT2D eigenvalue weighted by atomic mass is 9.89. The Hall–Kier alpha value is -1.20. The van der Waals surface area contributed by atoms with E-state index in [9.17, 15) is 4.39 Å². The van der Waals surface area contributed by atoms with Gasteiger partial charge in [-0.05, 0) is 62.9 Å². The summed E-state index contributed by atoms with van der Waals surface area (Å²) in [5, 5.41) is 0.326. The van der Waals surface area contributed by atoms with Crippen molar-refractivity contribution in [3.8, 4) is 12.3 Å². The van der Waals surface area contributed by atoms with E-state index < -0.39 is 0 Å². The maximum absolute atomic E-state index is 13.5. The van der Waals surface area contributed by atoms with Gasteiger partial charge < -0.3 is 4.90 Å². The minimum atomic E-state index is -0.255. The second-order valence-corrected chi connectivity index (χ2v) is 7.94. The van der Waals surface area contributed by atoms with Crippen molar-refractivity contribution in [2.24, 2.45) is 11.8 Å². The molecule has 0 radical (unpaired) electrons. The molecule has 0 heterocycles. The molecule has 0 amide bonds. The maximum atomic E-state index is 13.5. The largest absolute Gasteiger partial charge is 0.373 e. The molecule has 0 N–H and O–H groups in total. The lowest BCUT2D eigenvalue weighted by Crippen LogP contribution is -2.43. The first-order valence-electron chi connectivity index (χ1n) is 8.55. The average Bonchev–Trinajstić information content (AvgIpc) is 3.11. The number of terminal acetylenes is 1. The summed E-state index contributed by atoms with van der Waals surface area (Å²) in [6.45, 7) is 4.31. The summed E-state index contributed by atoms with van der Waals surface area (Å²) in [7, 11) is 2.17. The molecular weight excluding hydrogens is 309 g/mol. The van der Waals surface area contributed by atoms with Crippen LogP contribution in [-0.2, 0) is 0 Å². The normalized spacial score (nSPS) is 35.5. The van der Waals surface area contributed by atoms with Crippen molar-refractivity contribution >= 4 is 11.6 Å². The van der Waals surface area contributed by atoms with Crippen molar-refractivity contribution in [2.75, 3.05) is 7.05 Å². The van der Waals surface area contributed by atoms with Gasteiger partial charge in [0.05, 0.1) is 5.57 Å². The third kappa shape index (κ3) is 3.09. The highest BCUT2D eigenvalue weighted by Crippen LogP contribution is 2.53. The van der Waals surface area contributed by atoms with Crippen LogP contribution in [0.4, 0.5) is 4.39 Å². The molecule has 0 aromatic rings. The molecule has 2 fully saturated rings. The van der Waals surface area contributed by atoms with Crippen LogP contribution in [0.15, 0.2) is 35.8 Å². The minimum Gasteiger partial charge on any atom is -0.373 e. The van der Waals surface area contributed by atoms with Crippen LogP contribution >= 0.6 is 11.6 Å². The SMILES string of the molecule is C#CC1=CC(CCC(=C)N(C)C23CCC(C2)C(Cl)C3)CC=C1F. The number of nitrogens with zero attached hydrogens (tertiary/aromatic N) is 1. The van der Waals surface area contributed by atoms with Crippen molar-refractivity contribution in [1.29, 1.82) is 0 Å². The first-order valence-corrected chi connectivity index (χ1v) is 8.99. The van der Waals surface area contributed by atoms with Crippen LogP contribution in [0.1, 0.15) is 44.9 Å². The van der Waals surface area contributed by atoms with Crippen LogP contribution in [0, 0.1) is 24.2 Å². The number of rotatable bonds is 5. The van der Waals surface area contributed by atoms with Crippen LogP contribution in [0.2, 0.25) is 0 Å². The molecule has 4 unspecified atom stereocenters. The second-order valence-electron chi connectivity index (χ2n) is 7.38. The van der Waals surface area contributed by atoms with E-state index in [4.69, 9.17) is 18.0 Å². The number of halogens is 2. The summed E-state index contributed by atoms with van der Waals surface area (Å²) in [5.41, 5.74) is 1.80. The van der Waals surface area contributed by atoms with Gasteiger partial charge in [0.25, 0.3) is 0 Å². The van der Waals surface area contributed by atoms with Gasteiger partial charge in [-0.15, -0.1) is 18.0 Å². The van der Waals surface area contributed by atoms with Gasteiger partial charge in [-0.25, -0.2) is 4.39 Å². The first-order chi connectivity index (χ1) is 10.9. The van der Waals surface area contributed by atoms with Gasteiger partial charge >= 0.3 is 0 Å². The Morgan fingerprint density at radius 2 is 2.35 bits per heavy atom. The molecule has 1 nitrogen and oxygen atoms in total. The van der Waals surface area contributed by atoms with Gasteiger partial charge in [-0.2, -0.15) is 0 Å². The van der Waals surface area contributed by atoms with Crippen molar-refractivity contribution in [3.63, 3.8) is 0 Å². The number of fused-ring (bicyclic) bond motifs is 2. The number of hydrogen-bond acceptors (Lipinski definition) is 1. The summed E-state index contributed by atoms with van der Waals surface area (Å²) in [5.74, 6) is 3.17. The zero-order valence-corrected chi connectivity index (χ0v) is 14.6. The fourth-order valence-corrected chi connectivity index (χ4v) is 5.04. The van der Waals surface area contributed by atoms with E-state index in [1.54, 1.807) is 6.08 Å². The molecule has 2 bridgehead atoms. The summed E-state index contributed by atoms with van der Waals surface area (Å²) >= 11 is 6.47. The molecule has 3 aliphatic carbocycles. The third-order valence-electron chi connectivity index (χ3n) is 6.11. The molecule has 124 valence electrons. The highest BCUT2D eigenvalue weighted by Gasteiger charge is 2.52. The van der Waals surface area contributed by atoms with E-state index in [0.717, 1.165) is 25.7 Å². The quantitative estimate of drug-likeness (QED) is 0.494. The molecule has 0 aliphatic heterocycles. The molecule has 0 aromatic heterocycles. The van der Waals surface area contributed by atoms with E-state index in [2.05, 4.69) is 24.4 Å². The summed E-state index contributed by atoms with van der Waals surface area (Å²) in [4.78, 5) is 2.39. The van der Waals surface area contributed by atoms with Gasteiger partial charge in [0.2, 0.25) is 0 Å². The monoisotopic (exact) mass is 333 g/mol. The smallest absolute Gasteiger partial charge is 0.134 e. The Morgan fingerprint density at radius 1 is 1.57 bits per heavy atom. The minimum absolute atomic E-state index is 0.229. The fourth-order valence-electron chi connectivity index (χ4n) is 4.53. The number of allylic oxidation sites excluding steroid dienone is 5. The first kappa shape index (κ1) is 16.7. The predicted molar refractivity (Wildman–Crippen MR) is 94.7 cm³/mol. The van der Waals surface area contributed by atoms with Crippen LogP contribution in [-0.4, -0.2) is 22.9 Å². The Kier molecular flexibility index (Phi) is 4.61. The number of hydrogen-bond donors (Lipinski definition) is 0. The topological polar surface area (TPSA) is 3.24 Å². The summed E-state index contributed by atoms with van der Waals surface area (Å²) in [6, 6.07) is 0. The Morgan fingerprint density at radius 3 is 2.96 bits per heavy atom. The molecule has 3 rings (SSSR count). The van der Waals surface area contributed by atoms with Gasteiger partial charge in [0.1, 0.15) is 5.83 Å². The maximum Gasteiger partial charge on any atom is 0.134 e. The van der Waals surface area contributed by atoms with Gasteiger partial charge in [-0.1, -0.05) is 18.6 Å². The zero-order chi connectivity index (χ0) is 16.6. The molecule has 0 saturated heterocycles. The van der Waals surface area contributed by atoms with Crippen LogP contribution in [0.5, 0.6) is 0 Å². The molecular formula is C20H25ClFN. The second kappa shape index (κ2) is 6.36. The van der Waals surface area contributed by atoms with Crippen molar-refractivity contribution in [1.82, 2.24) is 4.90 Å². The van der Waals surface area contributed by atoms with Gasteiger partial charge in [0.15, 0.2) is 0 Å².